The van der Waals surface area contributed by atoms with Crippen LogP contribution in [0.15, 0.2) is 41.3 Å². The summed E-state index contributed by atoms with van der Waals surface area (Å²) in [6.45, 7) is 1.36. The largest absolute Gasteiger partial charge is 0.607 e. The van der Waals surface area contributed by atoms with Crippen LogP contribution in [0.3, 0.4) is 0 Å². The molecule has 29 heavy (non-hydrogen) atoms. The first-order valence-corrected chi connectivity index (χ1v) is 9.82. The lowest BCUT2D eigenvalue weighted by Gasteiger charge is -2.12. The number of carboxylic acids is 1. The molecule has 0 radical (unpaired) electrons. The van der Waals surface area contributed by atoms with Gasteiger partial charge in [0.25, 0.3) is 0 Å². The second-order valence-corrected chi connectivity index (χ2v) is 8.47. The number of fused-ring (bicyclic) bond motifs is 2. The Bertz CT molecular complexity index is 1140. The molecule has 0 aliphatic carbocycles. The third-order valence-electron chi connectivity index (χ3n) is 5.18. The highest BCUT2D eigenvalue weighted by atomic mass is 32.2. The molecule has 2 heterocycles. The molecule has 0 amide bonds. The van der Waals surface area contributed by atoms with Gasteiger partial charge in [-0.3, -0.25) is 4.79 Å². The van der Waals surface area contributed by atoms with Crippen LogP contribution in [-0.4, -0.2) is 25.5 Å². The van der Waals surface area contributed by atoms with Crippen molar-refractivity contribution in [2.24, 2.45) is 0 Å². The van der Waals surface area contributed by atoms with Gasteiger partial charge in [0.15, 0.2) is 4.90 Å². The summed E-state index contributed by atoms with van der Waals surface area (Å²) in [4.78, 5) is 11.0. The van der Waals surface area contributed by atoms with Crippen LogP contribution in [0.2, 0.25) is 0 Å². The maximum absolute atomic E-state index is 14.1. The molecule has 2 unspecified atom stereocenters. The smallest absolute Gasteiger partial charge is 0.447 e. The van der Waals surface area contributed by atoms with E-state index in [0.29, 0.717) is 27.7 Å². The van der Waals surface area contributed by atoms with E-state index in [1.807, 2.05) is 0 Å². The molecule has 4 rings (SSSR count). The summed E-state index contributed by atoms with van der Waals surface area (Å²) in [7, 11) is 0. The van der Waals surface area contributed by atoms with Gasteiger partial charge in [-0.25, -0.2) is 8.78 Å². The number of carbonyl (C=O) groups is 1. The minimum Gasteiger partial charge on any atom is -0.607 e. The maximum atomic E-state index is 14.1. The van der Waals surface area contributed by atoms with Gasteiger partial charge in [0.05, 0.1) is 16.7 Å². The summed E-state index contributed by atoms with van der Waals surface area (Å²) >= 11 is -2.75. The second kappa shape index (κ2) is 6.77. The van der Waals surface area contributed by atoms with Gasteiger partial charge in [0.2, 0.25) is 6.17 Å². The summed E-state index contributed by atoms with van der Waals surface area (Å²) in [6, 6.07) is 7.94. The predicted octanol–water partition coefficient (Wildman–Crippen LogP) is 4.49. The zero-order valence-electron chi connectivity index (χ0n) is 15.1. The van der Waals surface area contributed by atoms with Gasteiger partial charge >= 0.3 is 11.2 Å². The lowest BCUT2D eigenvalue weighted by atomic mass is 9.99. The molecule has 2 aromatic carbocycles. The molecule has 1 aliphatic heterocycles. The average Bonchev–Trinajstić information content (AvgIpc) is 3.00. The number of rotatable bonds is 4. The van der Waals surface area contributed by atoms with Crippen molar-refractivity contribution in [3.8, 4) is 0 Å². The molecule has 1 N–H and O–H groups in total. The highest BCUT2D eigenvalue weighted by molar-refractivity contribution is 7.92. The normalized spacial score (nSPS) is 20.2. The highest BCUT2D eigenvalue weighted by Gasteiger charge is 2.61. The van der Waals surface area contributed by atoms with Crippen LogP contribution < -0.4 is 0 Å². The van der Waals surface area contributed by atoms with Gasteiger partial charge in [-0.05, 0) is 54.8 Å². The van der Waals surface area contributed by atoms with E-state index >= 15 is 0 Å². The molecule has 0 spiro atoms. The summed E-state index contributed by atoms with van der Waals surface area (Å²) in [6.07, 6.45) is -2.51. The first kappa shape index (κ1) is 19.8. The van der Waals surface area contributed by atoms with Crippen molar-refractivity contribution in [3.63, 3.8) is 0 Å². The fourth-order valence-electron chi connectivity index (χ4n) is 3.79. The van der Waals surface area contributed by atoms with Crippen LogP contribution >= 0.6 is 0 Å². The molecule has 0 saturated carbocycles. The van der Waals surface area contributed by atoms with Crippen molar-refractivity contribution >= 4 is 28.0 Å². The monoisotopic (exact) mass is 425 g/mol. The molecule has 0 fully saturated rings. The van der Waals surface area contributed by atoms with Gasteiger partial charge < -0.3 is 14.2 Å². The fraction of sp³-hybridized carbons (Fsp3) is 0.250. The summed E-state index contributed by atoms with van der Waals surface area (Å²) < 4.78 is 68.8. The van der Waals surface area contributed by atoms with Gasteiger partial charge in [-0.2, -0.15) is 8.78 Å². The third kappa shape index (κ3) is 3.08. The Morgan fingerprint density at radius 2 is 2.00 bits per heavy atom. The Hall–Kier alpha value is -2.52. The number of nitrogens with zero attached hydrogens (tertiary/aromatic N) is 1. The molecule has 0 saturated heterocycles. The van der Waals surface area contributed by atoms with E-state index < -0.39 is 34.4 Å². The Kier molecular flexibility index (Phi) is 4.62. The van der Waals surface area contributed by atoms with E-state index in [9.17, 15) is 32.0 Å². The van der Waals surface area contributed by atoms with Crippen molar-refractivity contribution in [3.05, 3.63) is 64.6 Å². The molecular weight excluding hydrogens is 410 g/mol. The summed E-state index contributed by atoms with van der Waals surface area (Å²) in [5.41, 5.74) is 1.88. The average molecular weight is 425 g/mol. The third-order valence-corrected chi connectivity index (χ3v) is 6.65. The molecule has 2 atom stereocenters. The van der Waals surface area contributed by atoms with E-state index in [1.165, 1.54) is 41.0 Å². The van der Waals surface area contributed by atoms with Crippen LogP contribution in [-0.2, 0) is 28.9 Å². The topological polar surface area (TPSA) is 65.3 Å². The van der Waals surface area contributed by atoms with Crippen molar-refractivity contribution < 1.29 is 32.0 Å². The van der Waals surface area contributed by atoms with Crippen molar-refractivity contribution in [2.45, 2.75) is 36.2 Å². The van der Waals surface area contributed by atoms with Crippen LogP contribution in [0.5, 0.6) is 0 Å². The number of alkyl halides is 3. The van der Waals surface area contributed by atoms with Crippen molar-refractivity contribution in [1.29, 1.82) is 0 Å². The SMILES string of the molecule is Cc1c(Cc2ccc3c(c2)C(F)C(F)(F)[S+]3[O-])c2cc(F)ccc2n1CC(=O)O. The number of halogens is 4. The van der Waals surface area contributed by atoms with Gasteiger partial charge in [-0.1, -0.05) is 6.07 Å². The Labute approximate surface area is 165 Å². The van der Waals surface area contributed by atoms with Gasteiger partial charge in [-0.15, -0.1) is 0 Å². The number of aliphatic carboxylic acids is 1. The number of aromatic nitrogens is 1. The number of benzene rings is 2. The Balaban J connectivity index is 1.80. The van der Waals surface area contributed by atoms with Crippen molar-refractivity contribution in [2.75, 3.05) is 0 Å². The lowest BCUT2D eigenvalue weighted by molar-refractivity contribution is -0.137. The van der Waals surface area contributed by atoms with Crippen LogP contribution in [0.25, 0.3) is 10.9 Å². The fourth-order valence-corrected chi connectivity index (χ4v) is 4.96. The number of hydrogen-bond acceptors (Lipinski definition) is 2. The van der Waals surface area contributed by atoms with Gasteiger partial charge in [0, 0.05) is 16.6 Å². The van der Waals surface area contributed by atoms with E-state index in [0.717, 1.165) is 0 Å². The maximum Gasteiger partial charge on any atom is 0.447 e. The van der Waals surface area contributed by atoms with E-state index in [2.05, 4.69) is 0 Å². The van der Waals surface area contributed by atoms with E-state index in [1.54, 1.807) is 6.92 Å². The quantitative estimate of drug-likeness (QED) is 0.495. The summed E-state index contributed by atoms with van der Waals surface area (Å²) in [5.74, 6) is -1.57. The van der Waals surface area contributed by atoms with Crippen LogP contribution in [0, 0.1) is 12.7 Å². The summed E-state index contributed by atoms with van der Waals surface area (Å²) in [5, 5.41) is 5.70. The molecule has 1 aliphatic rings. The predicted molar refractivity (Wildman–Crippen MR) is 98.7 cm³/mol. The Morgan fingerprint density at radius 3 is 2.69 bits per heavy atom. The van der Waals surface area contributed by atoms with E-state index in [-0.39, 0.29) is 23.4 Å². The molecule has 4 nitrogen and oxygen atoms in total. The highest BCUT2D eigenvalue weighted by Crippen LogP contribution is 2.51. The van der Waals surface area contributed by atoms with Crippen LogP contribution in [0.1, 0.15) is 28.6 Å². The number of hydrogen-bond donors (Lipinski definition) is 1. The zero-order valence-corrected chi connectivity index (χ0v) is 15.9. The molecule has 152 valence electrons. The Morgan fingerprint density at radius 1 is 1.28 bits per heavy atom. The lowest BCUT2D eigenvalue weighted by Crippen LogP contribution is -2.26. The molecule has 0 bridgehead atoms. The zero-order chi connectivity index (χ0) is 21.1. The molecule has 3 aromatic rings. The van der Waals surface area contributed by atoms with E-state index in [4.69, 9.17) is 0 Å². The second-order valence-electron chi connectivity index (χ2n) is 6.95. The minimum atomic E-state index is -3.97. The first-order chi connectivity index (χ1) is 13.6. The molecule has 9 heteroatoms. The molecular formula is C20H15F4NO3S. The number of carboxylic acid groups (broad SMARTS) is 1. The molecule has 1 aromatic heterocycles. The van der Waals surface area contributed by atoms with Gasteiger partial charge in [0.1, 0.15) is 12.4 Å². The van der Waals surface area contributed by atoms with Crippen molar-refractivity contribution in [1.82, 2.24) is 4.57 Å². The standard InChI is InChI=1S/C20H15F4NO3S/c1-10-13(14-8-12(21)3-4-16(14)25(10)9-18(26)27)6-11-2-5-17-15(7-11)19(22)20(23,24)29(17)28/h2-5,7-8,19H,6,9H2,1H3,(H,26,27). The first-order valence-electron chi connectivity index (χ1n) is 8.67. The minimum absolute atomic E-state index is 0.149. The van der Waals surface area contributed by atoms with Crippen LogP contribution in [0.4, 0.5) is 17.6 Å².